The van der Waals surface area contributed by atoms with Gasteiger partial charge in [-0.3, -0.25) is 9.79 Å². The van der Waals surface area contributed by atoms with Crippen molar-refractivity contribution in [3.8, 4) is 0 Å². The highest BCUT2D eigenvalue weighted by Crippen LogP contribution is 2.30. The van der Waals surface area contributed by atoms with Crippen molar-refractivity contribution in [1.29, 1.82) is 0 Å². The van der Waals surface area contributed by atoms with Gasteiger partial charge >= 0.3 is 12.3 Å². The van der Waals surface area contributed by atoms with Gasteiger partial charge in [0.2, 0.25) is 5.91 Å². The summed E-state index contributed by atoms with van der Waals surface area (Å²) in [6, 6.07) is 4.36. The van der Waals surface area contributed by atoms with Crippen LogP contribution in [0.2, 0.25) is 0 Å². The molecule has 2 rings (SSSR count). The van der Waals surface area contributed by atoms with Gasteiger partial charge in [0, 0.05) is 5.71 Å². The zero-order valence-corrected chi connectivity index (χ0v) is 12.4. The molecule has 8 heteroatoms. The van der Waals surface area contributed by atoms with E-state index in [1.54, 1.807) is 6.92 Å². The Kier molecular flexibility index (Phi) is 5.02. The minimum absolute atomic E-state index is 0.0768. The van der Waals surface area contributed by atoms with Gasteiger partial charge in [0.1, 0.15) is 6.61 Å². The normalized spacial score (nSPS) is 15.7. The summed E-state index contributed by atoms with van der Waals surface area (Å²) in [7, 11) is 0. The minimum Gasteiger partial charge on any atom is -0.447 e. The summed E-state index contributed by atoms with van der Waals surface area (Å²) in [6.45, 7) is 2.15. The van der Waals surface area contributed by atoms with Crippen molar-refractivity contribution in [1.82, 2.24) is 4.90 Å². The Morgan fingerprint density at radius 2 is 1.96 bits per heavy atom. The standard InChI is InChI=1S/C15H15F3N2O3/c1-2-11(9-13(21)20-7-8-23-14(20)22)19-12-5-3-10(4-6-12)15(16,17)18/h3-6H,2,7-9H2,1H3. The number of amides is 2. The summed E-state index contributed by atoms with van der Waals surface area (Å²) in [5, 5.41) is 0. The molecule has 1 aliphatic rings. The first-order valence-corrected chi connectivity index (χ1v) is 7.02. The SMILES string of the molecule is CCC(CC(=O)N1CCOC1=O)=Nc1ccc(C(F)(F)F)cc1. The van der Waals surface area contributed by atoms with Crippen LogP contribution in [0.15, 0.2) is 29.3 Å². The lowest BCUT2D eigenvalue weighted by molar-refractivity contribution is -0.137. The molecule has 0 aromatic heterocycles. The molecule has 0 atom stereocenters. The number of carbonyl (C=O) groups excluding carboxylic acids is 2. The Morgan fingerprint density at radius 3 is 2.43 bits per heavy atom. The molecule has 1 heterocycles. The van der Waals surface area contributed by atoms with Crippen molar-refractivity contribution >= 4 is 23.4 Å². The molecule has 0 aliphatic carbocycles. The third-order valence-corrected chi connectivity index (χ3v) is 3.31. The average Bonchev–Trinajstić information content (AvgIpc) is 2.92. The van der Waals surface area contributed by atoms with E-state index in [1.165, 1.54) is 12.1 Å². The molecule has 1 aromatic carbocycles. The number of nitrogens with zero attached hydrogens (tertiary/aromatic N) is 2. The van der Waals surface area contributed by atoms with Gasteiger partial charge in [-0.05, 0) is 30.7 Å². The van der Waals surface area contributed by atoms with Crippen LogP contribution in [0.4, 0.5) is 23.7 Å². The van der Waals surface area contributed by atoms with E-state index >= 15 is 0 Å². The topological polar surface area (TPSA) is 59.0 Å². The van der Waals surface area contributed by atoms with E-state index in [0.717, 1.165) is 17.0 Å². The van der Waals surface area contributed by atoms with Gasteiger partial charge in [0.15, 0.2) is 0 Å². The van der Waals surface area contributed by atoms with Gasteiger partial charge in [-0.2, -0.15) is 13.2 Å². The quantitative estimate of drug-likeness (QED) is 0.794. The number of benzene rings is 1. The second kappa shape index (κ2) is 6.80. The minimum atomic E-state index is -4.40. The molecule has 1 aliphatic heterocycles. The molecular weight excluding hydrogens is 313 g/mol. The Morgan fingerprint density at radius 1 is 1.30 bits per heavy atom. The maximum atomic E-state index is 12.5. The van der Waals surface area contributed by atoms with E-state index in [2.05, 4.69) is 9.73 Å². The maximum absolute atomic E-state index is 12.5. The monoisotopic (exact) mass is 328 g/mol. The van der Waals surface area contributed by atoms with Crippen molar-refractivity contribution in [2.75, 3.05) is 13.2 Å². The highest BCUT2D eigenvalue weighted by Gasteiger charge is 2.30. The number of hydrogen-bond acceptors (Lipinski definition) is 4. The summed E-state index contributed by atoms with van der Waals surface area (Å²) in [4.78, 5) is 28.5. The van der Waals surface area contributed by atoms with Gasteiger partial charge in [0.05, 0.1) is 24.2 Å². The highest BCUT2D eigenvalue weighted by molar-refractivity contribution is 6.06. The van der Waals surface area contributed by atoms with Crippen LogP contribution >= 0.6 is 0 Å². The van der Waals surface area contributed by atoms with Crippen LogP contribution in [0.25, 0.3) is 0 Å². The fourth-order valence-corrected chi connectivity index (χ4v) is 2.04. The second-order valence-electron chi connectivity index (χ2n) is 4.91. The lowest BCUT2D eigenvalue weighted by Crippen LogP contribution is -2.32. The molecule has 2 amide bonds. The molecule has 0 bridgehead atoms. The van der Waals surface area contributed by atoms with Gasteiger partial charge in [0.25, 0.3) is 0 Å². The Bertz CT molecular complexity index is 624. The van der Waals surface area contributed by atoms with Crippen LogP contribution < -0.4 is 0 Å². The number of ether oxygens (including phenoxy) is 1. The molecule has 0 saturated carbocycles. The first-order valence-electron chi connectivity index (χ1n) is 7.02. The fraction of sp³-hybridized carbons (Fsp3) is 0.400. The molecule has 0 spiro atoms. The zero-order valence-electron chi connectivity index (χ0n) is 12.4. The van der Waals surface area contributed by atoms with Crippen molar-refractivity contribution in [3.63, 3.8) is 0 Å². The van der Waals surface area contributed by atoms with Gasteiger partial charge in [-0.1, -0.05) is 6.92 Å². The van der Waals surface area contributed by atoms with E-state index in [-0.39, 0.29) is 19.6 Å². The number of rotatable bonds is 4. The van der Waals surface area contributed by atoms with Crippen LogP contribution in [0.5, 0.6) is 0 Å². The second-order valence-corrected chi connectivity index (χ2v) is 4.91. The van der Waals surface area contributed by atoms with Gasteiger partial charge in [-0.25, -0.2) is 9.69 Å². The number of imide groups is 1. The fourth-order valence-electron chi connectivity index (χ4n) is 2.04. The molecule has 23 heavy (non-hydrogen) atoms. The predicted molar refractivity (Wildman–Crippen MR) is 76.5 cm³/mol. The van der Waals surface area contributed by atoms with Crippen molar-refractivity contribution < 1.29 is 27.5 Å². The van der Waals surface area contributed by atoms with Gasteiger partial charge < -0.3 is 4.74 Å². The van der Waals surface area contributed by atoms with E-state index in [0.29, 0.717) is 17.8 Å². The molecule has 0 unspecified atom stereocenters. The number of aliphatic imine (C=N–C) groups is 1. The number of hydrogen-bond donors (Lipinski definition) is 0. The van der Waals surface area contributed by atoms with Crippen molar-refractivity contribution in [3.05, 3.63) is 29.8 Å². The largest absolute Gasteiger partial charge is 0.447 e. The third kappa shape index (κ3) is 4.30. The van der Waals surface area contributed by atoms with E-state index in [4.69, 9.17) is 0 Å². The summed E-state index contributed by atoms with van der Waals surface area (Å²) in [6.07, 6.45) is -4.72. The molecule has 1 saturated heterocycles. The zero-order chi connectivity index (χ0) is 17.0. The smallest absolute Gasteiger partial charge is 0.416 e. The van der Waals surface area contributed by atoms with Crippen molar-refractivity contribution in [2.45, 2.75) is 25.9 Å². The van der Waals surface area contributed by atoms with Crippen LogP contribution in [0, 0.1) is 0 Å². The lowest BCUT2D eigenvalue weighted by Gasteiger charge is -2.11. The summed E-state index contributed by atoms with van der Waals surface area (Å²) in [5.74, 6) is -0.431. The number of halogens is 3. The molecule has 5 nitrogen and oxygen atoms in total. The van der Waals surface area contributed by atoms with E-state index in [1.807, 2.05) is 0 Å². The molecule has 0 radical (unpaired) electrons. The number of carbonyl (C=O) groups is 2. The van der Waals surface area contributed by atoms with Crippen LogP contribution in [-0.4, -0.2) is 35.8 Å². The number of cyclic esters (lactones) is 1. The Balaban J connectivity index is 2.09. The third-order valence-electron chi connectivity index (χ3n) is 3.31. The highest BCUT2D eigenvalue weighted by atomic mass is 19.4. The van der Waals surface area contributed by atoms with Crippen LogP contribution in [0.3, 0.4) is 0 Å². The lowest BCUT2D eigenvalue weighted by atomic mass is 10.1. The molecule has 1 aromatic rings. The molecule has 124 valence electrons. The Labute approximate surface area is 130 Å². The first-order chi connectivity index (χ1) is 10.8. The maximum Gasteiger partial charge on any atom is 0.416 e. The van der Waals surface area contributed by atoms with E-state index < -0.39 is 23.7 Å². The molecular formula is C15H15F3N2O3. The van der Waals surface area contributed by atoms with E-state index in [9.17, 15) is 22.8 Å². The first kappa shape index (κ1) is 17.0. The summed E-state index contributed by atoms with van der Waals surface area (Å²) >= 11 is 0. The average molecular weight is 328 g/mol. The molecule has 0 N–H and O–H groups in total. The van der Waals surface area contributed by atoms with Gasteiger partial charge in [-0.15, -0.1) is 0 Å². The van der Waals surface area contributed by atoms with Crippen LogP contribution in [-0.2, 0) is 15.7 Å². The number of alkyl halides is 3. The van der Waals surface area contributed by atoms with Crippen LogP contribution in [0.1, 0.15) is 25.3 Å². The van der Waals surface area contributed by atoms with Crippen molar-refractivity contribution in [2.24, 2.45) is 4.99 Å². The summed E-state index contributed by atoms with van der Waals surface area (Å²) < 4.78 is 42.2. The Hall–Kier alpha value is -2.38. The summed E-state index contributed by atoms with van der Waals surface area (Å²) in [5.41, 5.74) is 0.0477. The molecule has 1 fully saturated rings. The predicted octanol–water partition coefficient (Wildman–Crippen LogP) is 3.56.